The van der Waals surface area contributed by atoms with E-state index in [4.69, 9.17) is 4.74 Å². The van der Waals surface area contributed by atoms with Crippen LogP contribution in [0.1, 0.15) is 35.3 Å². The lowest BCUT2D eigenvalue weighted by atomic mass is 9.94. The molecule has 33 heavy (non-hydrogen) atoms. The number of fused-ring (bicyclic) bond motifs is 2. The van der Waals surface area contributed by atoms with E-state index < -0.39 is 15.6 Å². The van der Waals surface area contributed by atoms with Crippen molar-refractivity contribution in [2.24, 2.45) is 5.41 Å². The van der Waals surface area contributed by atoms with Crippen LogP contribution < -0.4 is 9.04 Å². The highest BCUT2D eigenvalue weighted by molar-refractivity contribution is 7.90. The minimum atomic E-state index is -3.85. The van der Waals surface area contributed by atoms with E-state index >= 15 is 0 Å². The summed E-state index contributed by atoms with van der Waals surface area (Å²) in [5, 5.41) is 9.52. The molecule has 178 valence electrons. The fourth-order valence-electron chi connectivity index (χ4n) is 4.22. The Morgan fingerprint density at radius 2 is 1.97 bits per heavy atom. The summed E-state index contributed by atoms with van der Waals surface area (Å²) < 4.78 is 35.6. The summed E-state index contributed by atoms with van der Waals surface area (Å²) in [6, 6.07) is 9.38. The molecule has 2 aromatic rings. The molecule has 0 fully saturated rings. The van der Waals surface area contributed by atoms with Crippen molar-refractivity contribution in [3.63, 3.8) is 0 Å². The second kappa shape index (κ2) is 8.92. The predicted molar refractivity (Wildman–Crippen MR) is 124 cm³/mol. The van der Waals surface area contributed by atoms with Crippen LogP contribution in [0.3, 0.4) is 0 Å². The maximum Gasteiger partial charge on any atom is 0.304 e. The maximum absolute atomic E-state index is 13.6. The number of carbonyl (C=O) groups is 1. The lowest BCUT2D eigenvalue weighted by Crippen LogP contribution is -2.48. The highest BCUT2D eigenvalue weighted by Gasteiger charge is 2.36. The number of aliphatic hydroxyl groups is 1. The number of amides is 1. The van der Waals surface area contributed by atoms with Gasteiger partial charge in [-0.25, -0.2) is 9.29 Å². The maximum atomic E-state index is 13.6. The van der Waals surface area contributed by atoms with Crippen LogP contribution in [0.5, 0.6) is 5.88 Å². The summed E-state index contributed by atoms with van der Waals surface area (Å²) >= 11 is 0. The van der Waals surface area contributed by atoms with Crippen LogP contribution in [0.15, 0.2) is 36.5 Å². The number of anilines is 1. The molecule has 0 radical (unpaired) electrons. The van der Waals surface area contributed by atoms with Gasteiger partial charge < -0.3 is 14.7 Å². The predicted octanol–water partition coefficient (Wildman–Crippen LogP) is 1.67. The highest BCUT2D eigenvalue weighted by Crippen LogP contribution is 2.34. The first-order valence-electron chi connectivity index (χ1n) is 11.0. The molecule has 1 N–H and O–H groups in total. The first kappa shape index (κ1) is 23.5. The number of aromatic nitrogens is 1. The zero-order chi connectivity index (χ0) is 23.8. The fraction of sp³-hybridized carbons (Fsp3) is 0.478. The van der Waals surface area contributed by atoms with Gasteiger partial charge in [0, 0.05) is 44.9 Å². The summed E-state index contributed by atoms with van der Waals surface area (Å²) in [6.45, 7) is 5.01. The molecule has 1 aromatic carbocycles. The van der Waals surface area contributed by atoms with Gasteiger partial charge in [-0.3, -0.25) is 4.79 Å². The van der Waals surface area contributed by atoms with Crippen molar-refractivity contribution < 1.29 is 23.1 Å². The molecular formula is C23H30N4O5S. The summed E-state index contributed by atoms with van der Waals surface area (Å²) in [6.07, 6.45) is 2.05. The van der Waals surface area contributed by atoms with Crippen LogP contribution in [0.25, 0.3) is 0 Å². The fourth-order valence-corrected chi connectivity index (χ4v) is 5.81. The number of aliphatic hydroxyl groups excluding tert-OH is 1. The first-order chi connectivity index (χ1) is 15.6. The number of carbonyl (C=O) groups excluding carboxylic acids is 1. The van der Waals surface area contributed by atoms with E-state index in [-0.39, 0.29) is 42.8 Å². The Balaban J connectivity index is 1.61. The molecule has 0 saturated heterocycles. The Morgan fingerprint density at radius 3 is 2.70 bits per heavy atom. The van der Waals surface area contributed by atoms with Gasteiger partial charge in [0.15, 0.2) is 0 Å². The number of benzene rings is 1. The molecule has 0 spiro atoms. The van der Waals surface area contributed by atoms with E-state index in [0.717, 1.165) is 11.1 Å². The van der Waals surface area contributed by atoms with Gasteiger partial charge in [0.1, 0.15) is 12.3 Å². The molecule has 2 aliphatic rings. The van der Waals surface area contributed by atoms with Gasteiger partial charge in [-0.15, -0.1) is 0 Å². The molecule has 10 heteroatoms. The van der Waals surface area contributed by atoms with E-state index in [1.807, 2.05) is 38.1 Å². The molecule has 0 aliphatic carbocycles. The van der Waals surface area contributed by atoms with Gasteiger partial charge in [0.25, 0.3) is 5.91 Å². The summed E-state index contributed by atoms with van der Waals surface area (Å²) in [5.41, 5.74) is 2.22. The SMILES string of the molecule is CN(CC(C)(C)CO)C(=O)c1cnc2c(c1)N(S(=O)(=O)N1CCc3ccccc3C1)CCO2. The number of rotatable bonds is 6. The van der Waals surface area contributed by atoms with Crippen LogP contribution in [0.4, 0.5) is 5.69 Å². The molecule has 1 aromatic heterocycles. The minimum absolute atomic E-state index is 0.0636. The van der Waals surface area contributed by atoms with E-state index in [2.05, 4.69) is 4.98 Å². The van der Waals surface area contributed by atoms with Crippen molar-refractivity contribution in [1.82, 2.24) is 14.2 Å². The Kier molecular flexibility index (Phi) is 6.35. The summed E-state index contributed by atoms with van der Waals surface area (Å²) in [5.74, 6) is -0.112. The first-order valence-corrected chi connectivity index (χ1v) is 12.4. The van der Waals surface area contributed by atoms with Crippen molar-refractivity contribution in [1.29, 1.82) is 0 Å². The number of nitrogens with zero attached hydrogens (tertiary/aromatic N) is 4. The number of hydrogen-bond donors (Lipinski definition) is 1. The third-order valence-corrected chi connectivity index (χ3v) is 7.92. The van der Waals surface area contributed by atoms with E-state index in [0.29, 0.717) is 26.1 Å². The Labute approximate surface area is 194 Å². The third-order valence-electron chi connectivity index (χ3n) is 6.02. The number of ether oxygens (including phenoxy) is 1. The summed E-state index contributed by atoms with van der Waals surface area (Å²) in [7, 11) is -2.20. The number of pyridine rings is 1. The van der Waals surface area contributed by atoms with Gasteiger partial charge in [-0.05, 0) is 23.6 Å². The van der Waals surface area contributed by atoms with Gasteiger partial charge >= 0.3 is 10.2 Å². The molecule has 4 rings (SSSR count). The Morgan fingerprint density at radius 1 is 1.24 bits per heavy atom. The van der Waals surface area contributed by atoms with E-state index in [1.54, 1.807) is 7.05 Å². The monoisotopic (exact) mass is 474 g/mol. The van der Waals surface area contributed by atoms with Crippen LogP contribution in [-0.4, -0.2) is 73.5 Å². The van der Waals surface area contributed by atoms with Gasteiger partial charge in [-0.1, -0.05) is 38.1 Å². The largest absolute Gasteiger partial charge is 0.474 e. The summed E-state index contributed by atoms with van der Waals surface area (Å²) in [4.78, 5) is 18.7. The Hall–Kier alpha value is -2.69. The molecule has 9 nitrogen and oxygen atoms in total. The van der Waals surface area contributed by atoms with Gasteiger partial charge in [0.05, 0.1) is 12.1 Å². The standard InChI is InChI=1S/C23H30N4O5S/c1-23(2,16-28)15-25(3)22(29)19-12-20-21(24-13-19)32-11-10-27(20)33(30,31)26-9-8-17-6-4-5-7-18(17)14-26/h4-7,12-13,28H,8-11,14-16H2,1-3H3. The lowest BCUT2D eigenvalue weighted by molar-refractivity contribution is 0.0663. The average molecular weight is 475 g/mol. The molecular weight excluding hydrogens is 444 g/mol. The highest BCUT2D eigenvalue weighted by atomic mass is 32.2. The van der Waals surface area contributed by atoms with E-state index in [1.165, 1.54) is 25.8 Å². The van der Waals surface area contributed by atoms with E-state index in [9.17, 15) is 18.3 Å². The van der Waals surface area contributed by atoms with Crippen LogP contribution in [0, 0.1) is 5.41 Å². The van der Waals surface area contributed by atoms with Crippen molar-refractivity contribution in [2.45, 2.75) is 26.8 Å². The molecule has 1 amide bonds. The van der Waals surface area contributed by atoms with Gasteiger partial charge in [-0.2, -0.15) is 12.7 Å². The van der Waals surface area contributed by atoms with Crippen molar-refractivity contribution in [2.75, 3.05) is 44.2 Å². The minimum Gasteiger partial charge on any atom is -0.474 e. The van der Waals surface area contributed by atoms with Crippen LogP contribution in [-0.2, 0) is 23.2 Å². The molecule has 0 saturated carbocycles. The molecule has 0 bridgehead atoms. The molecule has 0 atom stereocenters. The number of hydrogen-bond acceptors (Lipinski definition) is 6. The normalized spacial score (nSPS) is 16.5. The second-order valence-electron chi connectivity index (χ2n) is 9.31. The van der Waals surface area contributed by atoms with Crippen LogP contribution >= 0.6 is 0 Å². The second-order valence-corrected chi connectivity index (χ2v) is 11.2. The van der Waals surface area contributed by atoms with Crippen molar-refractivity contribution >= 4 is 21.8 Å². The van der Waals surface area contributed by atoms with Crippen molar-refractivity contribution in [3.8, 4) is 5.88 Å². The van der Waals surface area contributed by atoms with Crippen molar-refractivity contribution in [3.05, 3.63) is 53.2 Å². The molecule has 3 heterocycles. The topological polar surface area (TPSA) is 103 Å². The molecule has 0 unspecified atom stereocenters. The molecule has 2 aliphatic heterocycles. The third kappa shape index (κ3) is 4.68. The Bertz CT molecular complexity index is 1150. The van der Waals surface area contributed by atoms with Crippen LogP contribution in [0.2, 0.25) is 0 Å². The van der Waals surface area contributed by atoms with Gasteiger partial charge in [0.2, 0.25) is 5.88 Å². The smallest absolute Gasteiger partial charge is 0.304 e. The quantitative estimate of drug-likeness (QED) is 0.683. The zero-order valence-electron chi connectivity index (χ0n) is 19.2. The average Bonchev–Trinajstić information content (AvgIpc) is 2.82. The zero-order valence-corrected chi connectivity index (χ0v) is 20.0. The lowest BCUT2D eigenvalue weighted by Gasteiger charge is -2.36.